The molecule has 1 fully saturated rings. The summed E-state index contributed by atoms with van der Waals surface area (Å²) in [7, 11) is 0. The molecule has 0 bridgehead atoms. The van der Waals surface area contributed by atoms with Gasteiger partial charge in [-0.1, -0.05) is 26.2 Å². The SMILES string of the molecule is CCCCNCC(C)OCCC1CC1. The minimum atomic E-state index is 0.380. The summed E-state index contributed by atoms with van der Waals surface area (Å²) < 4.78 is 5.71. The topological polar surface area (TPSA) is 21.3 Å². The van der Waals surface area contributed by atoms with Gasteiger partial charge in [0, 0.05) is 13.2 Å². The Balaban J connectivity index is 1.79. The fourth-order valence-corrected chi connectivity index (χ4v) is 1.51. The van der Waals surface area contributed by atoms with Gasteiger partial charge in [0.2, 0.25) is 0 Å². The van der Waals surface area contributed by atoms with Gasteiger partial charge in [0.05, 0.1) is 6.10 Å². The Morgan fingerprint density at radius 1 is 1.43 bits per heavy atom. The van der Waals surface area contributed by atoms with Crippen LogP contribution in [0.15, 0.2) is 0 Å². The van der Waals surface area contributed by atoms with Crippen molar-refractivity contribution in [2.24, 2.45) is 5.92 Å². The van der Waals surface area contributed by atoms with Gasteiger partial charge < -0.3 is 10.1 Å². The van der Waals surface area contributed by atoms with Crippen LogP contribution in [0.1, 0.15) is 46.0 Å². The molecule has 0 spiro atoms. The fraction of sp³-hybridized carbons (Fsp3) is 1.00. The maximum Gasteiger partial charge on any atom is 0.0671 e. The molecular formula is C12H25NO. The van der Waals surface area contributed by atoms with E-state index in [0.717, 1.165) is 25.6 Å². The second-order valence-corrected chi connectivity index (χ2v) is 4.47. The number of hydrogen-bond acceptors (Lipinski definition) is 2. The Morgan fingerprint density at radius 2 is 2.21 bits per heavy atom. The number of unbranched alkanes of at least 4 members (excludes halogenated alkanes) is 1. The van der Waals surface area contributed by atoms with Gasteiger partial charge in [-0.05, 0) is 32.2 Å². The lowest BCUT2D eigenvalue weighted by Crippen LogP contribution is -2.27. The number of hydrogen-bond donors (Lipinski definition) is 1. The molecule has 1 N–H and O–H groups in total. The van der Waals surface area contributed by atoms with Crippen LogP contribution in [0.3, 0.4) is 0 Å². The minimum absolute atomic E-state index is 0.380. The predicted molar refractivity (Wildman–Crippen MR) is 60.5 cm³/mol. The van der Waals surface area contributed by atoms with Crippen molar-refractivity contribution < 1.29 is 4.74 Å². The predicted octanol–water partition coefficient (Wildman–Crippen LogP) is 2.58. The normalized spacial score (nSPS) is 18.4. The molecule has 1 unspecified atom stereocenters. The zero-order chi connectivity index (χ0) is 10.2. The molecule has 1 aliphatic carbocycles. The summed E-state index contributed by atoms with van der Waals surface area (Å²) in [6.45, 7) is 7.47. The highest BCUT2D eigenvalue weighted by Gasteiger charge is 2.20. The highest BCUT2D eigenvalue weighted by atomic mass is 16.5. The number of ether oxygens (including phenoxy) is 1. The average molecular weight is 199 g/mol. The Morgan fingerprint density at radius 3 is 2.86 bits per heavy atom. The van der Waals surface area contributed by atoms with Crippen molar-refractivity contribution in [2.45, 2.75) is 52.1 Å². The molecule has 0 aromatic carbocycles. The van der Waals surface area contributed by atoms with Gasteiger partial charge in [-0.25, -0.2) is 0 Å². The first-order chi connectivity index (χ1) is 6.83. The molecule has 1 saturated carbocycles. The number of nitrogens with one attached hydrogen (secondary N) is 1. The van der Waals surface area contributed by atoms with Crippen molar-refractivity contribution in [1.29, 1.82) is 0 Å². The number of rotatable bonds is 9. The van der Waals surface area contributed by atoms with Gasteiger partial charge >= 0.3 is 0 Å². The molecule has 14 heavy (non-hydrogen) atoms. The van der Waals surface area contributed by atoms with Crippen LogP contribution in [-0.4, -0.2) is 25.8 Å². The molecule has 0 amide bonds. The zero-order valence-electron chi connectivity index (χ0n) is 9.72. The summed E-state index contributed by atoms with van der Waals surface area (Å²) in [6.07, 6.45) is 7.07. The molecular weight excluding hydrogens is 174 g/mol. The molecule has 0 aliphatic heterocycles. The Kier molecular flexibility index (Phi) is 6.20. The Hall–Kier alpha value is -0.0800. The summed E-state index contributed by atoms with van der Waals surface area (Å²) in [5.74, 6) is 0.996. The second-order valence-electron chi connectivity index (χ2n) is 4.47. The van der Waals surface area contributed by atoms with Crippen molar-refractivity contribution >= 4 is 0 Å². The third kappa shape index (κ3) is 6.39. The Bertz CT molecular complexity index is 134. The summed E-state index contributed by atoms with van der Waals surface area (Å²) in [6, 6.07) is 0. The lowest BCUT2D eigenvalue weighted by Gasteiger charge is -2.13. The van der Waals surface area contributed by atoms with Crippen LogP contribution in [0.4, 0.5) is 0 Å². The molecule has 2 nitrogen and oxygen atoms in total. The minimum Gasteiger partial charge on any atom is -0.377 e. The highest BCUT2D eigenvalue weighted by molar-refractivity contribution is 4.72. The van der Waals surface area contributed by atoms with Crippen molar-refractivity contribution in [3.05, 3.63) is 0 Å². The molecule has 84 valence electrons. The van der Waals surface area contributed by atoms with Gasteiger partial charge in [-0.2, -0.15) is 0 Å². The molecule has 1 aliphatic rings. The summed E-state index contributed by atoms with van der Waals surface area (Å²) >= 11 is 0. The summed E-state index contributed by atoms with van der Waals surface area (Å²) in [4.78, 5) is 0. The van der Waals surface area contributed by atoms with Gasteiger partial charge in [0.1, 0.15) is 0 Å². The standard InChI is InChI=1S/C12H25NO/c1-3-4-8-13-10-11(2)14-9-7-12-5-6-12/h11-13H,3-10H2,1-2H3. The van der Waals surface area contributed by atoms with E-state index in [4.69, 9.17) is 4.74 Å². The van der Waals surface area contributed by atoms with E-state index in [2.05, 4.69) is 19.2 Å². The summed E-state index contributed by atoms with van der Waals surface area (Å²) in [5, 5.41) is 3.41. The van der Waals surface area contributed by atoms with E-state index in [1.807, 2.05) is 0 Å². The second kappa shape index (κ2) is 7.24. The van der Waals surface area contributed by atoms with Gasteiger partial charge in [0.15, 0.2) is 0 Å². The van der Waals surface area contributed by atoms with Crippen LogP contribution < -0.4 is 5.32 Å². The van der Waals surface area contributed by atoms with Crippen LogP contribution >= 0.6 is 0 Å². The first-order valence-corrected chi connectivity index (χ1v) is 6.15. The van der Waals surface area contributed by atoms with Gasteiger partial charge in [0.25, 0.3) is 0 Å². The molecule has 1 rings (SSSR count). The Labute approximate surface area is 88.4 Å². The fourth-order valence-electron chi connectivity index (χ4n) is 1.51. The van der Waals surface area contributed by atoms with Gasteiger partial charge in [-0.3, -0.25) is 0 Å². The first-order valence-electron chi connectivity index (χ1n) is 6.15. The maximum absolute atomic E-state index is 5.71. The van der Waals surface area contributed by atoms with Crippen molar-refractivity contribution in [1.82, 2.24) is 5.32 Å². The average Bonchev–Trinajstić information content (AvgIpc) is 2.96. The molecule has 2 heteroatoms. The van der Waals surface area contributed by atoms with Crippen LogP contribution in [0, 0.1) is 5.92 Å². The zero-order valence-corrected chi connectivity index (χ0v) is 9.72. The lowest BCUT2D eigenvalue weighted by molar-refractivity contribution is 0.0618. The van der Waals surface area contributed by atoms with E-state index in [-0.39, 0.29) is 0 Å². The van der Waals surface area contributed by atoms with Crippen LogP contribution in [-0.2, 0) is 4.74 Å². The van der Waals surface area contributed by atoms with Crippen molar-refractivity contribution in [2.75, 3.05) is 19.7 Å². The highest BCUT2D eigenvalue weighted by Crippen LogP contribution is 2.32. The molecule has 0 aromatic rings. The monoisotopic (exact) mass is 199 g/mol. The molecule has 0 radical (unpaired) electrons. The van der Waals surface area contributed by atoms with Crippen molar-refractivity contribution in [3.63, 3.8) is 0 Å². The molecule has 0 aromatic heterocycles. The smallest absolute Gasteiger partial charge is 0.0671 e. The first kappa shape index (κ1) is 12.0. The lowest BCUT2D eigenvalue weighted by atomic mass is 10.3. The largest absolute Gasteiger partial charge is 0.377 e. The third-order valence-electron chi connectivity index (χ3n) is 2.76. The molecule has 0 saturated heterocycles. The van der Waals surface area contributed by atoms with Crippen molar-refractivity contribution in [3.8, 4) is 0 Å². The quantitative estimate of drug-likeness (QED) is 0.576. The van der Waals surface area contributed by atoms with E-state index in [9.17, 15) is 0 Å². The van der Waals surface area contributed by atoms with E-state index < -0.39 is 0 Å². The molecule has 1 atom stereocenters. The molecule has 0 heterocycles. The van der Waals surface area contributed by atoms with Gasteiger partial charge in [-0.15, -0.1) is 0 Å². The maximum atomic E-state index is 5.71. The van der Waals surface area contributed by atoms with E-state index in [1.54, 1.807) is 0 Å². The van der Waals surface area contributed by atoms with E-state index in [0.29, 0.717) is 6.10 Å². The third-order valence-corrected chi connectivity index (χ3v) is 2.76. The van der Waals surface area contributed by atoms with Crippen LogP contribution in [0.25, 0.3) is 0 Å². The van der Waals surface area contributed by atoms with E-state index in [1.165, 1.54) is 32.1 Å². The van der Waals surface area contributed by atoms with E-state index >= 15 is 0 Å². The van der Waals surface area contributed by atoms with Crippen LogP contribution in [0.2, 0.25) is 0 Å². The summed E-state index contributed by atoms with van der Waals surface area (Å²) in [5.41, 5.74) is 0. The van der Waals surface area contributed by atoms with Crippen LogP contribution in [0.5, 0.6) is 0 Å².